The Morgan fingerprint density at radius 1 is 1.12 bits per heavy atom. The molecule has 0 radical (unpaired) electrons. The molecule has 0 aliphatic carbocycles. The Bertz CT molecular complexity index is 1280. The van der Waals surface area contributed by atoms with E-state index in [1.54, 1.807) is 12.1 Å². The van der Waals surface area contributed by atoms with E-state index in [9.17, 15) is 19.5 Å². The number of amides is 2. The molecule has 9 heteroatoms. The minimum absolute atomic E-state index is 0.00987. The van der Waals surface area contributed by atoms with E-state index in [1.807, 2.05) is 31.2 Å². The second kappa shape index (κ2) is 8.81. The van der Waals surface area contributed by atoms with Crippen LogP contribution in [0.15, 0.2) is 80.6 Å². The van der Waals surface area contributed by atoms with Crippen molar-refractivity contribution in [2.24, 2.45) is 0 Å². The zero-order valence-electron chi connectivity index (χ0n) is 16.7. The van der Waals surface area contributed by atoms with Crippen LogP contribution in [0.4, 0.5) is 5.69 Å². The van der Waals surface area contributed by atoms with Crippen molar-refractivity contribution in [3.8, 4) is 0 Å². The molecular formula is C23H16N2O5S2. The van der Waals surface area contributed by atoms with Crippen molar-refractivity contribution < 1.29 is 23.9 Å². The smallest absolute Gasteiger partial charge is 0.335 e. The molecule has 0 bridgehead atoms. The van der Waals surface area contributed by atoms with Gasteiger partial charge >= 0.3 is 5.97 Å². The zero-order chi connectivity index (χ0) is 22.8. The molecule has 2 amide bonds. The number of thiocarbonyl (C=S) groups is 1. The van der Waals surface area contributed by atoms with E-state index < -0.39 is 17.8 Å². The molecule has 0 saturated carbocycles. The first-order valence-corrected chi connectivity index (χ1v) is 10.6. The number of furan rings is 1. The summed E-state index contributed by atoms with van der Waals surface area (Å²) in [5.74, 6) is -2.15. The molecule has 7 nitrogen and oxygen atoms in total. The van der Waals surface area contributed by atoms with E-state index in [-0.39, 0.29) is 21.9 Å². The first kappa shape index (κ1) is 21.5. The van der Waals surface area contributed by atoms with Crippen molar-refractivity contribution in [1.29, 1.82) is 0 Å². The maximum Gasteiger partial charge on any atom is 0.335 e. The Labute approximate surface area is 192 Å². The largest absolute Gasteiger partial charge is 0.478 e. The van der Waals surface area contributed by atoms with Gasteiger partial charge in [-0.2, -0.15) is 0 Å². The second-order valence-electron chi connectivity index (χ2n) is 6.89. The summed E-state index contributed by atoms with van der Waals surface area (Å²) < 4.78 is 5.76. The third-order valence-electron chi connectivity index (χ3n) is 4.58. The van der Waals surface area contributed by atoms with E-state index in [0.717, 1.165) is 15.4 Å². The van der Waals surface area contributed by atoms with E-state index in [2.05, 4.69) is 5.32 Å². The van der Waals surface area contributed by atoms with Gasteiger partial charge in [0.15, 0.2) is 10.2 Å². The van der Waals surface area contributed by atoms with Gasteiger partial charge in [-0.25, -0.2) is 4.79 Å². The predicted octanol–water partition coefficient (Wildman–Crippen LogP) is 4.27. The zero-order valence-corrected chi connectivity index (χ0v) is 18.3. The molecule has 1 aliphatic rings. The predicted molar refractivity (Wildman–Crippen MR) is 124 cm³/mol. The number of aromatic carboxylic acids is 1. The monoisotopic (exact) mass is 464 g/mol. The number of aryl methyl sites for hydroxylation is 1. The lowest BCUT2D eigenvalue weighted by Crippen LogP contribution is -2.54. The molecule has 4 rings (SSSR count). The van der Waals surface area contributed by atoms with Crippen LogP contribution in [0.2, 0.25) is 0 Å². The Hall–Kier alpha value is -3.69. The lowest BCUT2D eigenvalue weighted by Gasteiger charge is -2.28. The summed E-state index contributed by atoms with van der Waals surface area (Å²) in [6.07, 6.45) is 1.34. The Morgan fingerprint density at radius 3 is 2.59 bits per heavy atom. The van der Waals surface area contributed by atoms with E-state index in [1.165, 1.54) is 42.1 Å². The molecule has 1 saturated heterocycles. The number of hydrogen-bond acceptors (Lipinski definition) is 6. The van der Waals surface area contributed by atoms with Crippen LogP contribution >= 0.6 is 24.0 Å². The normalized spacial score (nSPS) is 15.2. The first-order chi connectivity index (χ1) is 15.3. The Balaban J connectivity index is 1.61. The third kappa shape index (κ3) is 4.48. The lowest BCUT2D eigenvalue weighted by atomic mass is 10.1. The summed E-state index contributed by atoms with van der Waals surface area (Å²) in [6, 6.07) is 17.1. The average Bonchev–Trinajstić information content (AvgIpc) is 3.20. The summed E-state index contributed by atoms with van der Waals surface area (Å²) >= 11 is 6.56. The first-order valence-electron chi connectivity index (χ1n) is 9.41. The van der Waals surface area contributed by atoms with Gasteiger partial charge in [0.05, 0.1) is 11.3 Å². The van der Waals surface area contributed by atoms with Crippen LogP contribution in [-0.2, 0) is 9.59 Å². The van der Waals surface area contributed by atoms with Crippen LogP contribution in [0.25, 0.3) is 6.08 Å². The molecule has 2 N–H and O–H groups in total. The Morgan fingerprint density at radius 2 is 1.88 bits per heavy atom. The van der Waals surface area contributed by atoms with Crippen molar-refractivity contribution in [2.45, 2.75) is 16.9 Å². The molecule has 3 aromatic rings. The minimum Gasteiger partial charge on any atom is -0.478 e. The van der Waals surface area contributed by atoms with Crippen molar-refractivity contribution in [1.82, 2.24) is 5.32 Å². The SMILES string of the molecule is Cc1ccc(Sc2ccc(C=C3C(=O)NC(=S)N(c4cccc(C(=O)O)c4)C3=O)o2)cc1. The minimum atomic E-state index is -1.14. The van der Waals surface area contributed by atoms with Gasteiger partial charge in [-0.15, -0.1) is 0 Å². The van der Waals surface area contributed by atoms with Gasteiger partial charge in [-0.05, 0) is 67.7 Å². The van der Waals surface area contributed by atoms with Gasteiger partial charge < -0.3 is 9.52 Å². The molecule has 1 fully saturated rings. The molecule has 1 aliphatic heterocycles. The van der Waals surface area contributed by atoms with Crippen molar-refractivity contribution in [3.63, 3.8) is 0 Å². The van der Waals surface area contributed by atoms with Crippen LogP contribution in [0.5, 0.6) is 0 Å². The summed E-state index contributed by atoms with van der Waals surface area (Å²) in [6.45, 7) is 2.00. The topological polar surface area (TPSA) is 99.9 Å². The van der Waals surface area contributed by atoms with Crippen molar-refractivity contribution >= 4 is 58.6 Å². The summed E-state index contributed by atoms with van der Waals surface area (Å²) in [4.78, 5) is 38.9. The van der Waals surface area contributed by atoms with E-state index >= 15 is 0 Å². The summed E-state index contributed by atoms with van der Waals surface area (Å²) in [5.41, 5.74) is 1.20. The summed E-state index contributed by atoms with van der Waals surface area (Å²) in [5, 5.41) is 12.2. The third-order valence-corrected chi connectivity index (χ3v) is 5.79. The number of carbonyl (C=O) groups is 3. The van der Waals surface area contributed by atoms with Crippen LogP contribution in [0.1, 0.15) is 21.7 Å². The molecule has 1 aromatic heterocycles. The number of hydrogen-bond donors (Lipinski definition) is 2. The maximum atomic E-state index is 13.1. The quantitative estimate of drug-likeness (QED) is 0.330. The highest BCUT2D eigenvalue weighted by Crippen LogP contribution is 2.30. The van der Waals surface area contributed by atoms with Crippen LogP contribution in [-0.4, -0.2) is 28.0 Å². The molecule has 0 spiro atoms. The highest BCUT2D eigenvalue weighted by molar-refractivity contribution is 7.99. The molecule has 0 unspecified atom stereocenters. The fourth-order valence-electron chi connectivity index (χ4n) is 3.00. The second-order valence-corrected chi connectivity index (χ2v) is 8.35. The molecule has 32 heavy (non-hydrogen) atoms. The Kier molecular flexibility index (Phi) is 5.93. The van der Waals surface area contributed by atoms with Crippen molar-refractivity contribution in [3.05, 3.63) is 83.1 Å². The molecule has 0 atom stereocenters. The fourth-order valence-corrected chi connectivity index (χ4v) is 4.06. The number of nitrogens with zero attached hydrogens (tertiary/aromatic N) is 1. The highest BCUT2D eigenvalue weighted by Gasteiger charge is 2.35. The van der Waals surface area contributed by atoms with Crippen molar-refractivity contribution in [2.75, 3.05) is 4.90 Å². The number of rotatable bonds is 5. The fraction of sp³-hybridized carbons (Fsp3) is 0.0435. The number of anilines is 1. The van der Waals surface area contributed by atoms with Gasteiger partial charge in [0.1, 0.15) is 11.3 Å². The number of carbonyl (C=O) groups excluding carboxylic acids is 2. The van der Waals surface area contributed by atoms with Crippen LogP contribution in [0, 0.1) is 6.92 Å². The van der Waals surface area contributed by atoms with E-state index in [0.29, 0.717) is 10.9 Å². The molecular weight excluding hydrogens is 448 g/mol. The van der Waals surface area contributed by atoms with Crippen LogP contribution in [0.3, 0.4) is 0 Å². The number of carboxylic acids is 1. The number of carboxylic acid groups (broad SMARTS) is 1. The lowest BCUT2D eigenvalue weighted by molar-refractivity contribution is -0.122. The van der Waals surface area contributed by atoms with Gasteiger partial charge in [-0.1, -0.05) is 35.5 Å². The van der Waals surface area contributed by atoms with Gasteiger partial charge in [0.25, 0.3) is 11.8 Å². The molecule has 2 heterocycles. The highest BCUT2D eigenvalue weighted by atomic mass is 32.2. The van der Waals surface area contributed by atoms with Gasteiger partial charge in [0, 0.05) is 4.90 Å². The van der Waals surface area contributed by atoms with Gasteiger partial charge in [0.2, 0.25) is 0 Å². The van der Waals surface area contributed by atoms with Gasteiger partial charge in [-0.3, -0.25) is 19.8 Å². The molecule has 160 valence electrons. The summed E-state index contributed by atoms with van der Waals surface area (Å²) in [7, 11) is 0. The standard InChI is InChI=1S/C23H16N2O5S2/c1-13-5-8-17(9-6-13)32-19-10-7-16(30-19)12-18-20(26)24-23(31)25(21(18)27)15-4-2-3-14(11-15)22(28)29/h2-12H,1H3,(H,28,29)(H,24,26,31). The number of nitrogens with one attached hydrogen (secondary N) is 1. The van der Waals surface area contributed by atoms with Crippen LogP contribution < -0.4 is 10.2 Å². The average molecular weight is 465 g/mol. The maximum absolute atomic E-state index is 13.1. The molecule has 2 aromatic carbocycles. The van der Waals surface area contributed by atoms with E-state index in [4.69, 9.17) is 16.6 Å². The number of benzene rings is 2.